The predicted octanol–water partition coefficient (Wildman–Crippen LogP) is 12.0. The molecule has 1 saturated heterocycles. The molecule has 0 radical (unpaired) electrons. The van der Waals surface area contributed by atoms with E-state index >= 15 is 0 Å². The number of ether oxygens (including phenoxy) is 4. The summed E-state index contributed by atoms with van der Waals surface area (Å²) in [6, 6.07) is 0. The average Bonchev–Trinajstić information content (AvgIpc) is 3.27. The minimum Gasteiger partial charge on any atom is -0.457 e. The van der Waals surface area contributed by atoms with E-state index in [0.29, 0.717) is 13.0 Å². The number of carbonyl (C=O) groups is 1. The number of hydrogen-bond donors (Lipinski definition) is 4. The van der Waals surface area contributed by atoms with Crippen molar-refractivity contribution in [2.45, 2.75) is 230 Å². The Labute approximate surface area is 378 Å². The standard InChI is InChI=1S/C53H92O9/c1-3-5-7-9-11-13-15-17-19-21-22-23-24-25-26-27-28-30-32-34-36-38-40-42-49(55)61-47(46-60-53-52(58)51(57)50(56)48(44-54)62-53)45-59-43-41-39-37-35-33-31-29-20-18-16-14-12-10-8-6-4-2/h5,7,11-14,17-20,22-23,47-48,50-54,56-58H,3-4,6,8-10,15-16,21,24-46H2,1-2H3/b7-5-,13-11-,14-12-,19-17-,20-18-,23-22-. The second-order valence-corrected chi connectivity index (χ2v) is 16.9. The van der Waals surface area contributed by atoms with Crippen LogP contribution in [-0.2, 0) is 23.7 Å². The number of unbranched alkanes of at least 4 members (excludes halogenated alkanes) is 19. The molecule has 1 aliphatic rings. The van der Waals surface area contributed by atoms with Crippen LogP contribution in [0, 0.1) is 0 Å². The first-order chi connectivity index (χ1) is 30.4. The number of rotatable bonds is 42. The Morgan fingerprint density at radius 3 is 1.48 bits per heavy atom. The number of allylic oxidation sites excluding steroid dienone is 12. The molecule has 0 bridgehead atoms. The molecule has 1 rings (SSSR count). The zero-order valence-electron chi connectivity index (χ0n) is 39.3. The van der Waals surface area contributed by atoms with E-state index in [-0.39, 0.29) is 19.2 Å². The van der Waals surface area contributed by atoms with Gasteiger partial charge in [-0.1, -0.05) is 177 Å². The lowest BCUT2D eigenvalue weighted by Crippen LogP contribution is -2.59. The molecule has 1 fully saturated rings. The van der Waals surface area contributed by atoms with Gasteiger partial charge in [0.15, 0.2) is 6.29 Å². The van der Waals surface area contributed by atoms with Gasteiger partial charge in [-0.05, 0) is 83.5 Å². The molecule has 62 heavy (non-hydrogen) atoms. The summed E-state index contributed by atoms with van der Waals surface area (Å²) in [7, 11) is 0. The fraction of sp³-hybridized carbons (Fsp3) is 0.755. The van der Waals surface area contributed by atoms with Crippen LogP contribution in [0.2, 0.25) is 0 Å². The molecule has 0 amide bonds. The molecule has 9 nitrogen and oxygen atoms in total. The van der Waals surface area contributed by atoms with Gasteiger partial charge in [0.25, 0.3) is 0 Å². The zero-order valence-corrected chi connectivity index (χ0v) is 39.3. The average molecular weight is 873 g/mol. The fourth-order valence-corrected chi connectivity index (χ4v) is 7.22. The summed E-state index contributed by atoms with van der Waals surface area (Å²) in [5, 5.41) is 40.2. The van der Waals surface area contributed by atoms with Crippen LogP contribution in [0.1, 0.15) is 194 Å². The minimum absolute atomic E-state index is 0.122. The van der Waals surface area contributed by atoms with E-state index < -0.39 is 43.4 Å². The maximum atomic E-state index is 12.8. The van der Waals surface area contributed by atoms with Gasteiger partial charge in [-0.3, -0.25) is 4.79 Å². The van der Waals surface area contributed by atoms with Crippen molar-refractivity contribution in [3.05, 3.63) is 72.9 Å². The third-order valence-electron chi connectivity index (χ3n) is 11.1. The van der Waals surface area contributed by atoms with E-state index in [1.807, 2.05) is 0 Å². The summed E-state index contributed by atoms with van der Waals surface area (Å²) >= 11 is 0. The molecule has 0 aromatic carbocycles. The lowest BCUT2D eigenvalue weighted by molar-refractivity contribution is -0.305. The van der Waals surface area contributed by atoms with Gasteiger partial charge in [0.05, 0.1) is 19.8 Å². The molecular weight excluding hydrogens is 781 g/mol. The quantitative estimate of drug-likeness (QED) is 0.0269. The zero-order chi connectivity index (χ0) is 45.0. The van der Waals surface area contributed by atoms with Gasteiger partial charge in [-0.25, -0.2) is 0 Å². The van der Waals surface area contributed by atoms with Gasteiger partial charge < -0.3 is 39.4 Å². The minimum atomic E-state index is -1.54. The van der Waals surface area contributed by atoms with Gasteiger partial charge in [0.2, 0.25) is 0 Å². The Balaban J connectivity index is 2.22. The molecule has 6 unspecified atom stereocenters. The predicted molar refractivity (Wildman–Crippen MR) is 256 cm³/mol. The van der Waals surface area contributed by atoms with E-state index in [2.05, 4.69) is 86.8 Å². The van der Waals surface area contributed by atoms with Crippen LogP contribution < -0.4 is 0 Å². The fourth-order valence-electron chi connectivity index (χ4n) is 7.22. The Hall–Kier alpha value is -2.37. The highest BCUT2D eigenvalue weighted by Gasteiger charge is 2.44. The first-order valence-corrected chi connectivity index (χ1v) is 25.0. The number of hydrogen-bond acceptors (Lipinski definition) is 9. The van der Waals surface area contributed by atoms with Crippen LogP contribution in [-0.4, -0.2) is 89.6 Å². The molecule has 1 heterocycles. The molecule has 0 aromatic heterocycles. The van der Waals surface area contributed by atoms with Gasteiger partial charge in [-0.15, -0.1) is 0 Å². The summed E-state index contributed by atoms with van der Waals surface area (Å²) < 4.78 is 22.9. The lowest BCUT2D eigenvalue weighted by Gasteiger charge is -2.39. The molecule has 6 atom stereocenters. The van der Waals surface area contributed by atoms with Crippen LogP contribution in [0.5, 0.6) is 0 Å². The van der Waals surface area contributed by atoms with Crippen molar-refractivity contribution in [3.8, 4) is 0 Å². The van der Waals surface area contributed by atoms with E-state index in [4.69, 9.17) is 18.9 Å². The molecule has 358 valence electrons. The monoisotopic (exact) mass is 873 g/mol. The molecular formula is C53H92O9. The molecule has 0 aliphatic carbocycles. The number of esters is 1. The highest BCUT2D eigenvalue weighted by molar-refractivity contribution is 5.69. The normalized spacial score (nSPS) is 20.4. The largest absolute Gasteiger partial charge is 0.457 e. The lowest BCUT2D eigenvalue weighted by atomic mass is 9.99. The topological polar surface area (TPSA) is 135 Å². The summed E-state index contributed by atoms with van der Waals surface area (Å²) in [5.74, 6) is -0.324. The molecule has 9 heteroatoms. The van der Waals surface area contributed by atoms with Crippen LogP contribution in [0.4, 0.5) is 0 Å². The Morgan fingerprint density at radius 1 is 0.532 bits per heavy atom. The van der Waals surface area contributed by atoms with Crippen molar-refractivity contribution in [1.82, 2.24) is 0 Å². The van der Waals surface area contributed by atoms with Crippen molar-refractivity contribution in [2.75, 3.05) is 26.4 Å². The highest BCUT2D eigenvalue weighted by atomic mass is 16.7. The summed E-state index contributed by atoms with van der Waals surface area (Å²) in [5.41, 5.74) is 0. The summed E-state index contributed by atoms with van der Waals surface area (Å²) in [6.45, 7) is 4.39. The third kappa shape index (κ3) is 34.1. The SMILES string of the molecule is CC/C=C\C/C=C\C/C=C\C/C=C\CCCCCCCCCCCCC(=O)OC(COCCCCCCCC/C=C\C/C=C\CCCCC)COC1OC(CO)C(O)C(O)C1O. The van der Waals surface area contributed by atoms with Crippen LogP contribution >= 0.6 is 0 Å². The van der Waals surface area contributed by atoms with Gasteiger partial charge in [0, 0.05) is 13.0 Å². The smallest absolute Gasteiger partial charge is 0.306 e. The second kappa shape index (κ2) is 43.9. The Morgan fingerprint density at radius 2 is 0.984 bits per heavy atom. The van der Waals surface area contributed by atoms with Gasteiger partial charge in [-0.2, -0.15) is 0 Å². The van der Waals surface area contributed by atoms with Crippen molar-refractivity contribution in [2.24, 2.45) is 0 Å². The van der Waals surface area contributed by atoms with E-state index in [1.54, 1.807) is 0 Å². The van der Waals surface area contributed by atoms with Crippen molar-refractivity contribution in [3.63, 3.8) is 0 Å². The molecule has 0 aromatic rings. The maximum Gasteiger partial charge on any atom is 0.306 e. The third-order valence-corrected chi connectivity index (χ3v) is 11.1. The maximum absolute atomic E-state index is 12.8. The van der Waals surface area contributed by atoms with Crippen LogP contribution in [0.25, 0.3) is 0 Å². The number of aliphatic hydroxyl groups excluding tert-OH is 4. The summed E-state index contributed by atoms with van der Waals surface area (Å²) in [4.78, 5) is 12.8. The summed E-state index contributed by atoms with van der Waals surface area (Å²) in [6.07, 6.45) is 50.7. The number of aliphatic hydroxyl groups is 4. The first-order valence-electron chi connectivity index (χ1n) is 25.0. The molecule has 4 N–H and O–H groups in total. The van der Waals surface area contributed by atoms with Crippen molar-refractivity contribution in [1.29, 1.82) is 0 Å². The van der Waals surface area contributed by atoms with Gasteiger partial charge >= 0.3 is 5.97 Å². The molecule has 0 spiro atoms. The second-order valence-electron chi connectivity index (χ2n) is 16.9. The van der Waals surface area contributed by atoms with E-state index in [1.165, 1.54) is 89.9 Å². The Kier molecular flexibility index (Phi) is 40.8. The van der Waals surface area contributed by atoms with Gasteiger partial charge in [0.1, 0.15) is 30.5 Å². The first kappa shape index (κ1) is 57.6. The highest BCUT2D eigenvalue weighted by Crippen LogP contribution is 2.22. The van der Waals surface area contributed by atoms with E-state index in [9.17, 15) is 25.2 Å². The van der Waals surface area contributed by atoms with Crippen molar-refractivity contribution >= 4 is 5.97 Å². The van der Waals surface area contributed by atoms with E-state index in [0.717, 1.165) is 83.5 Å². The Bertz CT molecular complexity index is 1180. The molecule has 0 saturated carbocycles. The number of carbonyl (C=O) groups excluding carboxylic acids is 1. The van der Waals surface area contributed by atoms with Crippen molar-refractivity contribution < 1.29 is 44.2 Å². The molecule has 1 aliphatic heterocycles. The van der Waals surface area contributed by atoms with Crippen LogP contribution in [0.15, 0.2) is 72.9 Å². The van der Waals surface area contributed by atoms with Crippen LogP contribution in [0.3, 0.4) is 0 Å².